The molecule has 5 nitrogen and oxygen atoms in total. The van der Waals surface area contributed by atoms with Gasteiger partial charge in [-0.1, -0.05) is 0 Å². The Balaban J connectivity index is 2.24. The second kappa shape index (κ2) is 5.77. The van der Waals surface area contributed by atoms with Gasteiger partial charge < -0.3 is 10.1 Å². The maximum Gasteiger partial charge on any atom is 0.308 e. The van der Waals surface area contributed by atoms with Gasteiger partial charge in [-0.2, -0.15) is 0 Å². The van der Waals surface area contributed by atoms with E-state index in [1.807, 2.05) is 0 Å². The van der Waals surface area contributed by atoms with E-state index in [9.17, 15) is 9.59 Å². The number of esters is 1. The predicted octanol–water partition coefficient (Wildman–Crippen LogP) is 1.60. The molecule has 1 aromatic heterocycles. The molecule has 0 unspecified atom stereocenters. The molecule has 0 aliphatic carbocycles. The van der Waals surface area contributed by atoms with Crippen molar-refractivity contribution in [1.29, 1.82) is 0 Å². The first kappa shape index (κ1) is 13.6. The van der Waals surface area contributed by atoms with Gasteiger partial charge in [-0.25, -0.2) is 4.98 Å². The van der Waals surface area contributed by atoms with E-state index in [0.29, 0.717) is 5.69 Å². The van der Waals surface area contributed by atoms with Crippen LogP contribution in [-0.2, 0) is 9.53 Å². The summed E-state index contributed by atoms with van der Waals surface area (Å²) in [5, 5.41) is 4.26. The number of rotatable bonds is 4. The molecule has 0 radical (unpaired) electrons. The predicted molar refractivity (Wildman–Crippen MR) is 64.9 cm³/mol. The maximum absolute atomic E-state index is 11.5. The summed E-state index contributed by atoms with van der Waals surface area (Å²) >= 11 is 1.35. The number of amides is 1. The van der Waals surface area contributed by atoms with E-state index >= 15 is 0 Å². The minimum absolute atomic E-state index is 0.160. The lowest BCUT2D eigenvalue weighted by molar-refractivity contribution is -0.154. The van der Waals surface area contributed by atoms with E-state index in [2.05, 4.69) is 10.3 Å². The molecular formula is C11H16N2O3S. The number of nitrogens with zero attached hydrogens (tertiary/aromatic N) is 1. The fourth-order valence-corrected chi connectivity index (χ4v) is 1.62. The topological polar surface area (TPSA) is 68.3 Å². The van der Waals surface area contributed by atoms with Crippen molar-refractivity contribution in [2.45, 2.75) is 32.8 Å². The second-order valence-electron chi connectivity index (χ2n) is 4.47. The smallest absolute Gasteiger partial charge is 0.308 e. The molecule has 1 heterocycles. The van der Waals surface area contributed by atoms with E-state index in [1.54, 1.807) is 31.7 Å². The maximum atomic E-state index is 11.5. The molecule has 0 saturated carbocycles. The van der Waals surface area contributed by atoms with Crippen LogP contribution in [0.5, 0.6) is 0 Å². The van der Waals surface area contributed by atoms with Gasteiger partial charge in [0, 0.05) is 11.9 Å². The summed E-state index contributed by atoms with van der Waals surface area (Å²) in [5.74, 6) is -0.592. The summed E-state index contributed by atoms with van der Waals surface area (Å²) in [5.41, 5.74) is 1.47. The zero-order valence-corrected chi connectivity index (χ0v) is 11.0. The highest BCUT2D eigenvalue weighted by atomic mass is 32.1. The summed E-state index contributed by atoms with van der Waals surface area (Å²) in [6.07, 6.45) is 0.160. The van der Waals surface area contributed by atoms with Crippen LogP contribution in [0.4, 0.5) is 0 Å². The number of nitrogens with one attached hydrogen (secondary N) is 1. The van der Waals surface area contributed by atoms with E-state index in [4.69, 9.17) is 4.74 Å². The first-order chi connectivity index (χ1) is 7.88. The Kier molecular flexibility index (Phi) is 4.62. The molecule has 94 valence electrons. The third-order valence-electron chi connectivity index (χ3n) is 1.70. The number of carbonyl (C=O) groups excluding carboxylic acids is 2. The number of hydrogen-bond donors (Lipinski definition) is 1. The summed E-state index contributed by atoms with van der Waals surface area (Å²) < 4.78 is 5.11. The van der Waals surface area contributed by atoms with Gasteiger partial charge in [0.25, 0.3) is 5.91 Å². The molecular weight excluding hydrogens is 240 g/mol. The fourth-order valence-electron chi connectivity index (χ4n) is 1.09. The lowest BCUT2D eigenvalue weighted by Crippen LogP contribution is -2.29. The van der Waals surface area contributed by atoms with Crippen molar-refractivity contribution in [1.82, 2.24) is 10.3 Å². The molecule has 1 N–H and O–H groups in total. The molecule has 0 aliphatic rings. The second-order valence-corrected chi connectivity index (χ2v) is 5.18. The molecule has 1 aromatic rings. The van der Waals surface area contributed by atoms with Crippen molar-refractivity contribution < 1.29 is 14.3 Å². The van der Waals surface area contributed by atoms with Gasteiger partial charge >= 0.3 is 5.97 Å². The highest BCUT2D eigenvalue weighted by molar-refractivity contribution is 7.07. The average Bonchev–Trinajstić information content (AvgIpc) is 2.66. The minimum atomic E-state index is -0.490. The summed E-state index contributed by atoms with van der Waals surface area (Å²) in [6.45, 7) is 5.67. The summed E-state index contributed by atoms with van der Waals surface area (Å²) in [6, 6.07) is 0. The molecule has 0 spiro atoms. The van der Waals surface area contributed by atoms with E-state index in [0.717, 1.165) is 0 Å². The number of thiazole rings is 1. The van der Waals surface area contributed by atoms with Gasteiger partial charge in [-0.3, -0.25) is 9.59 Å². The van der Waals surface area contributed by atoms with Crippen LogP contribution in [0.25, 0.3) is 0 Å². The molecule has 17 heavy (non-hydrogen) atoms. The van der Waals surface area contributed by atoms with Crippen LogP contribution in [0.1, 0.15) is 37.7 Å². The van der Waals surface area contributed by atoms with Crippen molar-refractivity contribution in [3.05, 3.63) is 16.6 Å². The Morgan fingerprint density at radius 2 is 2.18 bits per heavy atom. The molecule has 1 rings (SSSR count). The molecule has 0 aliphatic heterocycles. The molecule has 6 heteroatoms. The van der Waals surface area contributed by atoms with Crippen molar-refractivity contribution in [2.75, 3.05) is 6.54 Å². The van der Waals surface area contributed by atoms with Gasteiger partial charge in [-0.15, -0.1) is 11.3 Å². The molecule has 0 aromatic carbocycles. The van der Waals surface area contributed by atoms with Crippen molar-refractivity contribution in [3.63, 3.8) is 0 Å². The summed E-state index contributed by atoms with van der Waals surface area (Å²) in [4.78, 5) is 26.7. The quantitative estimate of drug-likeness (QED) is 0.831. The first-order valence-electron chi connectivity index (χ1n) is 5.27. The van der Waals surface area contributed by atoms with Crippen molar-refractivity contribution in [3.8, 4) is 0 Å². The average molecular weight is 256 g/mol. The van der Waals surface area contributed by atoms with Crippen molar-refractivity contribution in [2.24, 2.45) is 0 Å². The molecule has 0 fully saturated rings. The monoisotopic (exact) mass is 256 g/mol. The van der Waals surface area contributed by atoms with Crippen LogP contribution < -0.4 is 5.32 Å². The Hall–Kier alpha value is -1.43. The van der Waals surface area contributed by atoms with Gasteiger partial charge in [0.15, 0.2) is 0 Å². The largest absolute Gasteiger partial charge is 0.460 e. The minimum Gasteiger partial charge on any atom is -0.460 e. The lowest BCUT2D eigenvalue weighted by Gasteiger charge is -2.19. The van der Waals surface area contributed by atoms with Gasteiger partial charge in [0.2, 0.25) is 0 Å². The van der Waals surface area contributed by atoms with Crippen LogP contribution >= 0.6 is 11.3 Å². The molecule has 0 atom stereocenters. The molecule has 0 saturated heterocycles. The Labute approximate surface area is 104 Å². The van der Waals surface area contributed by atoms with Crippen LogP contribution in [0.2, 0.25) is 0 Å². The first-order valence-corrected chi connectivity index (χ1v) is 6.21. The Morgan fingerprint density at radius 3 is 2.71 bits per heavy atom. The highest BCUT2D eigenvalue weighted by Crippen LogP contribution is 2.07. The van der Waals surface area contributed by atoms with E-state index in [1.165, 1.54) is 11.3 Å². The SMILES string of the molecule is CC(C)(C)OC(=O)CCNC(=O)c1cscn1. The zero-order valence-electron chi connectivity index (χ0n) is 10.1. The van der Waals surface area contributed by atoms with Crippen LogP contribution in [-0.4, -0.2) is 29.0 Å². The number of hydrogen-bond acceptors (Lipinski definition) is 5. The lowest BCUT2D eigenvalue weighted by atomic mass is 10.2. The van der Waals surface area contributed by atoms with E-state index in [-0.39, 0.29) is 24.8 Å². The molecule has 0 bridgehead atoms. The van der Waals surface area contributed by atoms with Gasteiger partial charge in [0.1, 0.15) is 11.3 Å². The third kappa shape index (κ3) is 5.44. The number of carbonyl (C=O) groups is 2. The van der Waals surface area contributed by atoms with Crippen LogP contribution in [0, 0.1) is 0 Å². The van der Waals surface area contributed by atoms with Crippen LogP contribution in [0.15, 0.2) is 10.9 Å². The van der Waals surface area contributed by atoms with Crippen LogP contribution in [0.3, 0.4) is 0 Å². The number of aromatic nitrogens is 1. The van der Waals surface area contributed by atoms with E-state index < -0.39 is 5.60 Å². The normalized spacial score (nSPS) is 11.0. The Bertz CT molecular complexity index is 382. The number of ether oxygens (including phenoxy) is 1. The summed E-state index contributed by atoms with van der Waals surface area (Å²) in [7, 11) is 0. The third-order valence-corrected chi connectivity index (χ3v) is 2.29. The fraction of sp³-hybridized carbons (Fsp3) is 0.545. The highest BCUT2D eigenvalue weighted by Gasteiger charge is 2.16. The van der Waals surface area contributed by atoms with Gasteiger partial charge in [0.05, 0.1) is 11.9 Å². The Morgan fingerprint density at radius 1 is 1.47 bits per heavy atom. The van der Waals surface area contributed by atoms with Gasteiger partial charge in [-0.05, 0) is 20.8 Å². The van der Waals surface area contributed by atoms with Crippen molar-refractivity contribution >= 4 is 23.2 Å². The molecule has 1 amide bonds. The standard InChI is InChI=1S/C11H16N2O3S/c1-11(2,3)16-9(14)4-5-12-10(15)8-6-17-7-13-8/h6-7H,4-5H2,1-3H3,(H,12,15). The zero-order chi connectivity index (χ0) is 12.9.